The molecule has 0 aromatic rings. The molecule has 0 saturated carbocycles. The van der Waals surface area contributed by atoms with Crippen LogP contribution >= 0.6 is 12.2 Å². The number of ether oxygens (including phenoxy) is 1. The summed E-state index contributed by atoms with van der Waals surface area (Å²) in [5.41, 5.74) is 0. The Labute approximate surface area is 64.4 Å². The van der Waals surface area contributed by atoms with Crippen LogP contribution in [0.1, 0.15) is 6.92 Å². The molecule has 0 N–H and O–H groups in total. The zero-order valence-corrected chi connectivity index (χ0v) is 6.39. The molecule has 0 aliphatic heterocycles. The summed E-state index contributed by atoms with van der Waals surface area (Å²) in [6.07, 6.45) is 0.463. The first-order valence-electron chi connectivity index (χ1n) is 2.83. The Morgan fingerprint density at radius 2 is 2.40 bits per heavy atom. The van der Waals surface area contributed by atoms with E-state index in [-0.39, 0.29) is 6.61 Å². The highest BCUT2D eigenvalue weighted by molar-refractivity contribution is 7.79. The van der Waals surface area contributed by atoms with Crippen LogP contribution in [0, 0.1) is 5.92 Å². The Hall–Kier alpha value is -0.770. The molecule has 0 spiro atoms. The van der Waals surface area contributed by atoms with E-state index in [9.17, 15) is 9.59 Å². The summed E-state index contributed by atoms with van der Waals surface area (Å²) in [5.74, 6) is -1.46. The predicted molar refractivity (Wildman–Crippen MR) is 39.8 cm³/mol. The summed E-state index contributed by atoms with van der Waals surface area (Å²) in [7, 11) is 0. The molecule has 0 radical (unpaired) electrons. The van der Waals surface area contributed by atoms with Crippen molar-refractivity contribution >= 4 is 29.8 Å². The Morgan fingerprint density at radius 1 is 1.80 bits per heavy atom. The predicted octanol–water partition coefficient (Wildman–Crippen LogP) is 0.364. The zero-order chi connectivity index (χ0) is 7.98. The van der Waals surface area contributed by atoms with E-state index in [1.54, 1.807) is 6.92 Å². The summed E-state index contributed by atoms with van der Waals surface area (Å²) in [6, 6.07) is 0. The van der Waals surface area contributed by atoms with E-state index < -0.39 is 11.9 Å². The van der Waals surface area contributed by atoms with Crippen LogP contribution in [0.5, 0.6) is 0 Å². The molecule has 0 rings (SSSR count). The number of carbonyl (C=O) groups is 2. The fourth-order valence-electron chi connectivity index (χ4n) is 0.382. The molecule has 3 nitrogen and oxygen atoms in total. The molecule has 0 aliphatic rings. The minimum absolute atomic E-state index is 0.270. The van der Waals surface area contributed by atoms with E-state index in [1.165, 1.54) is 0 Å². The summed E-state index contributed by atoms with van der Waals surface area (Å²) < 4.78 is 4.52. The van der Waals surface area contributed by atoms with Crippen LogP contribution in [0.4, 0.5) is 0 Å². The molecular formula is C6H8O3S. The summed E-state index contributed by atoms with van der Waals surface area (Å²) in [4.78, 5) is 20.7. The van der Waals surface area contributed by atoms with Gasteiger partial charge in [-0.2, -0.15) is 0 Å². The van der Waals surface area contributed by atoms with Gasteiger partial charge in [-0.25, -0.2) is 0 Å². The molecule has 0 fully saturated rings. The highest BCUT2D eigenvalue weighted by Gasteiger charge is 2.14. The zero-order valence-electron chi connectivity index (χ0n) is 5.57. The molecule has 10 heavy (non-hydrogen) atoms. The maximum Gasteiger partial charge on any atom is 0.320 e. The largest absolute Gasteiger partial charge is 0.465 e. The maximum absolute atomic E-state index is 10.7. The molecule has 0 bridgehead atoms. The lowest BCUT2D eigenvalue weighted by Crippen LogP contribution is -2.19. The second-order valence-electron chi connectivity index (χ2n) is 1.55. The second-order valence-corrected chi connectivity index (χ2v) is 1.82. The third-order valence-electron chi connectivity index (χ3n) is 0.852. The van der Waals surface area contributed by atoms with Crippen molar-refractivity contribution in [2.75, 3.05) is 6.61 Å². The normalized spacial score (nSPS) is 11.7. The van der Waals surface area contributed by atoms with Crippen LogP contribution in [0.2, 0.25) is 0 Å². The average molecular weight is 160 g/mol. The maximum atomic E-state index is 10.7. The lowest BCUT2D eigenvalue weighted by molar-refractivity contribution is -0.146. The van der Waals surface area contributed by atoms with E-state index in [1.807, 2.05) is 0 Å². The minimum atomic E-state index is -0.880. The average Bonchev–Trinajstić information content (AvgIpc) is 1.91. The van der Waals surface area contributed by atoms with Gasteiger partial charge in [-0.1, -0.05) is 12.2 Å². The SMILES string of the molecule is CCOC(=O)C(C=O)C=S. The van der Waals surface area contributed by atoms with Crippen LogP contribution < -0.4 is 0 Å². The Bertz CT molecular complexity index is 136. The molecule has 1 unspecified atom stereocenters. The fourth-order valence-corrected chi connectivity index (χ4v) is 0.557. The molecule has 56 valence electrons. The first-order chi connectivity index (χ1) is 4.76. The van der Waals surface area contributed by atoms with Crippen molar-refractivity contribution in [3.05, 3.63) is 0 Å². The van der Waals surface area contributed by atoms with Gasteiger partial charge in [0.05, 0.1) is 6.61 Å². The van der Waals surface area contributed by atoms with Crippen LogP contribution in [0.3, 0.4) is 0 Å². The van der Waals surface area contributed by atoms with E-state index in [0.717, 1.165) is 5.37 Å². The number of hydrogen-bond acceptors (Lipinski definition) is 4. The first-order valence-corrected chi connectivity index (χ1v) is 3.30. The van der Waals surface area contributed by atoms with E-state index in [4.69, 9.17) is 0 Å². The number of aldehydes is 1. The van der Waals surface area contributed by atoms with Crippen molar-refractivity contribution in [1.29, 1.82) is 0 Å². The Balaban J connectivity index is 3.88. The van der Waals surface area contributed by atoms with Gasteiger partial charge in [-0.15, -0.1) is 0 Å². The molecule has 4 heteroatoms. The van der Waals surface area contributed by atoms with Crippen molar-refractivity contribution in [3.63, 3.8) is 0 Å². The number of esters is 1. The Morgan fingerprint density at radius 3 is 2.70 bits per heavy atom. The quantitative estimate of drug-likeness (QED) is 0.258. The van der Waals surface area contributed by atoms with Gasteiger partial charge in [0.15, 0.2) is 0 Å². The van der Waals surface area contributed by atoms with Crippen LogP contribution in [-0.2, 0) is 14.3 Å². The minimum Gasteiger partial charge on any atom is -0.465 e. The van der Waals surface area contributed by atoms with Crippen LogP contribution in [-0.4, -0.2) is 24.2 Å². The van der Waals surface area contributed by atoms with E-state index >= 15 is 0 Å². The van der Waals surface area contributed by atoms with E-state index in [0.29, 0.717) is 6.29 Å². The van der Waals surface area contributed by atoms with Gasteiger partial charge >= 0.3 is 5.97 Å². The third kappa shape index (κ3) is 2.68. The van der Waals surface area contributed by atoms with Crippen LogP contribution in [0.25, 0.3) is 0 Å². The van der Waals surface area contributed by atoms with Gasteiger partial charge in [-0.05, 0) is 6.92 Å². The van der Waals surface area contributed by atoms with Crippen molar-refractivity contribution in [2.24, 2.45) is 5.92 Å². The summed E-state index contributed by atoms with van der Waals surface area (Å²) in [6.45, 7) is 1.94. The fraction of sp³-hybridized carbons (Fsp3) is 0.500. The van der Waals surface area contributed by atoms with Gasteiger partial charge < -0.3 is 9.53 Å². The molecule has 0 heterocycles. The topological polar surface area (TPSA) is 43.4 Å². The van der Waals surface area contributed by atoms with Crippen molar-refractivity contribution in [2.45, 2.75) is 6.92 Å². The molecular weight excluding hydrogens is 152 g/mol. The molecule has 0 aromatic heterocycles. The van der Waals surface area contributed by atoms with Gasteiger partial charge in [0.25, 0.3) is 0 Å². The summed E-state index contributed by atoms with van der Waals surface area (Å²) in [5, 5.41) is 1.09. The Kier molecular flexibility index (Phi) is 4.66. The molecule has 0 amide bonds. The third-order valence-corrected chi connectivity index (χ3v) is 1.15. The molecule has 0 aliphatic carbocycles. The smallest absolute Gasteiger partial charge is 0.320 e. The standard InChI is InChI=1S/C6H8O3S/c1-2-9-6(8)5(3-7)4-10/h3-5H,2H2,1H3. The number of hydrogen-bond donors (Lipinski definition) is 0. The molecule has 0 saturated heterocycles. The number of carbonyl (C=O) groups excluding carboxylic acids is 2. The lowest BCUT2D eigenvalue weighted by Gasteiger charge is -2.01. The van der Waals surface area contributed by atoms with Crippen LogP contribution in [0.15, 0.2) is 0 Å². The molecule has 1 atom stereocenters. The lowest BCUT2D eigenvalue weighted by atomic mass is 10.2. The van der Waals surface area contributed by atoms with Gasteiger partial charge in [0.2, 0.25) is 0 Å². The second kappa shape index (κ2) is 5.05. The van der Waals surface area contributed by atoms with Gasteiger partial charge in [0.1, 0.15) is 12.2 Å². The van der Waals surface area contributed by atoms with Crippen molar-refractivity contribution < 1.29 is 14.3 Å². The van der Waals surface area contributed by atoms with E-state index in [2.05, 4.69) is 17.0 Å². The highest BCUT2D eigenvalue weighted by Crippen LogP contribution is 1.91. The molecule has 0 aromatic carbocycles. The first kappa shape index (κ1) is 9.23. The van der Waals surface area contributed by atoms with Crippen molar-refractivity contribution in [3.8, 4) is 0 Å². The van der Waals surface area contributed by atoms with Gasteiger partial charge in [0, 0.05) is 5.37 Å². The number of thiocarbonyl (C=S) groups is 1. The number of rotatable bonds is 4. The monoisotopic (exact) mass is 160 g/mol. The highest BCUT2D eigenvalue weighted by atomic mass is 32.1. The summed E-state index contributed by atoms with van der Waals surface area (Å²) >= 11 is 4.41. The van der Waals surface area contributed by atoms with Crippen molar-refractivity contribution in [1.82, 2.24) is 0 Å². The van der Waals surface area contributed by atoms with Gasteiger partial charge in [-0.3, -0.25) is 4.79 Å².